The van der Waals surface area contributed by atoms with Crippen molar-refractivity contribution in [2.24, 2.45) is 23.5 Å². The van der Waals surface area contributed by atoms with Crippen LogP contribution in [0.15, 0.2) is 42.5 Å². The van der Waals surface area contributed by atoms with Gasteiger partial charge < -0.3 is 35.7 Å². The Kier molecular flexibility index (Phi) is 16.6. The molecule has 8 nitrogen and oxygen atoms in total. The van der Waals surface area contributed by atoms with Crippen LogP contribution in [0.25, 0.3) is 0 Å². The highest BCUT2D eigenvalue weighted by molar-refractivity contribution is 5.79. The minimum Gasteiger partial charge on any atom is -0.493 e. The molecule has 0 aliphatic heterocycles. The second-order valence-corrected chi connectivity index (χ2v) is 11.7. The molecule has 242 valence electrons. The zero-order valence-electron chi connectivity index (χ0n) is 26.9. The third-order valence-corrected chi connectivity index (χ3v) is 8.00. The van der Waals surface area contributed by atoms with Gasteiger partial charge in [-0.1, -0.05) is 53.2 Å². The molecule has 0 spiro atoms. The summed E-state index contributed by atoms with van der Waals surface area (Å²) in [6.07, 6.45) is 1.89. The number of benzene rings is 2. The van der Waals surface area contributed by atoms with Gasteiger partial charge in [0, 0.05) is 44.3 Å². The Hall–Kier alpha value is -2.72. The topological polar surface area (TPSA) is 115 Å². The fourth-order valence-electron chi connectivity index (χ4n) is 4.81. The molecule has 0 aliphatic rings. The van der Waals surface area contributed by atoms with E-state index in [1.807, 2.05) is 32.0 Å². The van der Waals surface area contributed by atoms with E-state index in [0.29, 0.717) is 26.4 Å². The highest BCUT2D eigenvalue weighted by Gasteiger charge is 2.30. The molecule has 0 bridgehead atoms. The summed E-state index contributed by atoms with van der Waals surface area (Å²) >= 11 is 0. The summed E-state index contributed by atoms with van der Waals surface area (Å²) in [5.41, 5.74) is 9.20. The molecule has 1 amide bonds. The van der Waals surface area contributed by atoms with Crippen LogP contribution in [0.4, 0.5) is 10.1 Å². The molecular weight excluding hydrogens is 549 g/mol. The molecular formula is C34H54FN3O5. The number of carbonyl (C=O) groups excluding carboxylic acids is 1. The monoisotopic (exact) mass is 603 g/mol. The first kappa shape index (κ1) is 36.5. The van der Waals surface area contributed by atoms with Crippen LogP contribution in [0.5, 0.6) is 5.75 Å². The molecule has 0 radical (unpaired) electrons. The number of hydrogen-bond donors (Lipinski definition) is 4. The first-order valence-electron chi connectivity index (χ1n) is 15.6. The van der Waals surface area contributed by atoms with Gasteiger partial charge >= 0.3 is 0 Å². The number of hydrogen-bond acceptors (Lipinski definition) is 7. The summed E-state index contributed by atoms with van der Waals surface area (Å²) in [6, 6.07) is 11.4. The number of rotatable bonds is 21. The van der Waals surface area contributed by atoms with Crippen LogP contribution in [0, 0.1) is 23.6 Å². The van der Waals surface area contributed by atoms with E-state index in [2.05, 4.69) is 31.4 Å². The van der Waals surface area contributed by atoms with Crippen LogP contribution in [0.2, 0.25) is 0 Å². The fourth-order valence-corrected chi connectivity index (χ4v) is 4.81. The molecule has 2 aromatic rings. The van der Waals surface area contributed by atoms with Gasteiger partial charge in [-0.3, -0.25) is 4.79 Å². The Morgan fingerprint density at radius 2 is 1.79 bits per heavy atom. The van der Waals surface area contributed by atoms with E-state index < -0.39 is 18.1 Å². The highest BCUT2D eigenvalue weighted by Crippen LogP contribution is 2.23. The maximum atomic E-state index is 13.4. The van der Waals surface area contributed by atoms with E-state index in [1.54, 1.807) is 19.2 Å². The average molecular weight is 604 g/mol. The van der Waals surface area contributed by atoms with Gasteiger partial charge in [0.05, 0.1) is 32.0 Å². The molecule has 0 fully saturated rings. The summed E-state index contributed by atoms with van der Waals surface area (Å²) < 4.78 is 30.2. The third-order valence-electron chi connectivity index (χ3n) is 8.00. The summed E-state index contributed by atoms with van der Waals surface area (Å²) in [5, 5.41) is 17.4. The van der Waals surface area contributed by atoms with Gasteiger partial charge in [-0.25, -0.2) is 4.39 Å². The Morgan fingerprint density at radius 1 is 1.07 bits per heavy atom. The lowest BCUT2D eigenvalue weighted by Gasteiger charge is -2.30. The number of methoxy groups -OCH3 is 1. The smallest absolute Gasteiger partial charge is 0.223 e. The lowest BCUT2D eigenvalue weighted by Crippen LogP contribution is -2.49. The molecule has 2 aromatic carbocycles. The van der Waals surface area contributed by atoms with Gasteiger partial charge in [-0.15, -0.1) is 0 Å². The number of nitrogens with one attached hydrogen (secondary N) is 2. The molecule has 5 N–H and O–H groups in total. The predicted octanol–water partition coefficient (Wildman–Crippen LogP) is 5.31. The first-order chi connectivity index (χ1) is 20.6. The van der Waals surface area contributed by atoms with Crippen molar-refractivity contribution in [3.63, 3.8) is 0 Å². The molecule has 0 heterocycles. The number of aliphatic hydroxyl groups is 1. The number of aliphatic hydroxyl groups excluding tert-OH is 1. The fraction of sp³-hybridized carbons (Fsp3) is 0.618. The van der Waals surface area contributed by atoms with Crippen molar-refractivity contribution < 1.29 is 28.5 Å². The van der Waals surface area contributed by atoms with Crippen LogP contribution >= 0.6 is 0 Å². The van der Waals surface area contributed by atoms with Gasteiger partial charge in [0.15, 0.2) is 0 Å². The SMILES string of the molecule is CCc1ccc(COC[C@H](N)[C@@H](O)C[C@H](C(=O)N[C@H](CNc2ccc(F)cc2)[C@@H](C)CC)C(C)C)cc1OCCCOC. The number of aryl methyl sites for hydroxylation is 1. The molecule has 0 unspecified atom stereocenters. The molecule has 2 rings (SSSR count). The Morgan fingerprint density at radius 3 is 2.42 bits per heavy atom. The zero-order valence-corrected chi connectivity index (χ0v) is 26.9. The van der Waals surface area contributed by atoms with Crippen LogP contribution in [-0.2, 0) is 27.3 Å². The third kappa shape index (κ3) is 12.8. The maximum Gasteiger partial charge on any atom is 0.223 e. The van der Waals surface area contributed by atoms with E-state index in [9.17, 15) is 14.3 Å². The number of anilines is 1. The molecule has 5 atom stereocenters. The Bertz CT molecular complexity index is 1070. The first-order valence-corrected chi connectivity index (χ1v) is 15.6. The van der Waals surface area contributed by atoms with E-state index in [1.165, 1.54) is 12.1 Å². The number of amides is 1. The minimum absolute atomic E-state index is 0.00444. The second kappa shape index (κ2) is 19.5. The number of carbonyl (C=O) groups is 1. The van der Waals surface area contributed by atoms with Crippen molar-refractivity contribution in [2.45, 2.75) is 85.1 Å². The van der Waals surface area contributed by atoms with Gasteiger partial charge in [0.2, 0.25) is 5.91 Å². The highest BCUT2D eigenvalue weighted by atomic mass is 19.1. The quantitative estimate of drug-likeness (QED) is 0.143. The van der Waals surface area contributed by atoms with Crippen molar-refractivity contribution >= 4 is 11.6 Å². The van der Waals surface area contributed by atoms with Crippen LogP contribution in [0.1, 0.15) is 65.0 Å². The number of halogens is 1. The van der Waals surface area contributed by atoms with Gasteiger partial charge in [0.25, 0.3) is 0 Å². The van der Waals surface area contributed by atoms with E-state index in [4.69, 9.17) is 19.9 Å². The molecule has 0 aromatic heterocycles. The summed E-state index contributed by atoms with van der Waals surface area (Å²) in [5.74, 6) is 0.245. The molecule has 9 heteroatoms. The average Bonchev–Trinajstić information content (AvgIpc) is 3.00. The van der Waals surface area contributed by atoms with Crippen molar-refractivity contribution in [2.75, 3.05) is 38.8 Å². The zero-order chi connectivity index (χ0) is 31.8. The Labute approximate surface area is 257 Å². The summed E-state index contributed by atoms with van der Waals surface area (Å²) in [4.78, 5) is 13.4. The normalized spacial score (nSPS) is 15.0. The maximum absolute atomic E-state index is 13.4. The van der Waals surface area contributed by atoms with Crippen molar-refractivity contribution in [1.82, 2.24) is 5.32 Å². The minimum atomic E-state index is -0.903. The van der Waals surface area contributed by atoms with Gasteiger partial charge in [-0.05, 0) is 66.1 Å². The van der Waals surface area contributed by atoms with Crippen LogP contribution in [0.3, 0.4) is 0 Å². The number of nitrogens with two attached hydrogens (primary N) is 1. The van der Waals surface area contributed by atoms with Crippen LogP contribution < -0.4 is 21.1 Å². The van der Waals surface area contributed by atoms with Crippen LogP contribution in [-0.4, -0.2) is 62.7 Å². The Balaban J connectivity index is 1.91. The molecule has 43 heavy (non-hydrogen) atoms. The lowest BCUT2D eigenvalue weighted by molar-refractivity contribution is -0.128. The standard InChI is InChI=1S/C34H54FN3O5/c1-7-24(5)31(20-37-28-14-12-27(35)13-15-28)38-34(40)29(23(3)4)19-32(39)30(36)22-42-21-25-10-11-26(8-2)33(18-25)43-17-9-16-41-6/h10-15,18,23-24,29-32,37,39H,7-9,16-17,19-22,36H2,1-6H3,(H,38,40)/t24-,29-,30-,31+,32-/m0/s1. The summed E-state index contributed by atoms with van der Waals surface area (Å²) in [6.45, 7) is 12.4. The van der Waals surface area contributed by atoms with Crippen molar-refractivity contribution in [3.05, 3.63) is 59.4 Å². The lowest BCUT2D eigenvalue weighted by atomic mass is 9.86. The summed E-state index contributed by atoms with van der Waals surface area (Å²) in [7, 11) is 1.68. The molecule has 0 aliphatic carbocycles. The molecule has 0 saturated heterocycles. The second-order valence-electron chi connectivity index (χ2n) is 11.7. The predicted molar refractivity (Wildman–Crippen MR) is 171 cm³/mol. The van der Waals surface area contributed by atoms with Crippen molar-refractivity contribution in [3.8, 4) is 5.75 Å². The van der Waals surface area contributed by atoms with E-state index in [0.717, 1.165) is 41.8 Å². The van der Waals surface area contributed by atoms with Gasteiger partial charge in [0.1, 0.15) is 11.6 Å². The number of ether oxygens (including phenoxy) is 3. The van der Waals surface area contributed by atoms with Gasteiger partial charge in [-0.2, -0.15) is 0 Å². The van der Waals surface area contributed by atoms with Crippen molar-refractivity contribution in [1.29, 1.82) is 0 Å². The van der Waals surface area contributed by atoms with E-state index >= 15 is 0 Å². The largest absolute Gasteiger partial charge is 0.493 e. The molecule has 0 saturated carbocycles. The van der Waals surface area contributed by atoms with E-state index in [-0.39, 0.29) is 42.6 Å².